The van der Waals surface area contributed by atoms with Gasteiger partial charge in [-0.15, -0.1) is 0 Å². The fraction of sp³-hybridized carbons (Fsp3) is 0.750. The second-order valence-corrected chi connectivity index (χ2v) is 5.72. The zero-order valence-electron chi connectivity index (χ0n) is 10.1. The molecular weight excluding hydrogens is 218 g/mol. The van der Waals surface area contributed by atoms with Gasteiger partial charge in [0.15, 0.2) is 0 Å². The third-order valence-electron chi connectivity index (χ3n) is 3.49. The van der Waals surface area contributed by atoms with Crippen molar-refractivity contribution >= 4 is 11.8 Å². The quantitative estimate of drug-likeness (QED) is 0.882. The zero-order valence-corrected chi connectivity index (χ0v) is 10.9. The van der Waals surface area contributed by atoms with Gasteiger partial charge in [0, 0.05) is 23.5 Å². The van der Waals surface area contributed by atoms with Crippen molar-refractivity contribution in [2.75, 3.05) is 6.26 Å². The van der Waals surface area contributed by atoms with E-state index < -0.39 is 0 Å². The number of thioether (sulfide) groups is 1. The third kappa shape index (κ3) is 2.28. The Kier molecular flexibility index (Phi) is 3.92. The summed E-state index contributed by atoms with van der Waals surface area (Å²) >= 11 is 1.98. The van der Waals surface area contributed by atoms with Crippen LogP contribution < -0.4 is 5.73 Å². The number of hydrogen-bond donors (Lipinski definition) is 1. The number of aromatic nitrogens is 2. The highest BCUT2D eigenvalue weighted by Crippen LogP contribution is 2.36. The molecule has 0 saturated heterocycles. The highest BCUT2D eigenvalue weighted by molar-refractivity contribution is 7.99. The fourth-order valence-corrected chi connectivity index (χ4v) is 3.60. The molecule has 0 spiro atoms. The first-order valence-electron chi connectivity index (χ1n) is 6.04. The molecule has 4 heteroatoms. The number of rotatable bonds is 3. The summed E-state index contributed by atoms with van der Waals surface area (Å²) in [5, 5.41) is 0.723. The highest BCUT2D eigenvalue weighted by atomic mass is 32.2. The molecule has 1 heterocycles. The van der Waals surface area contributed by atoms with Crippen molar-refractivity contribution in [3.8, 4) is 0 Å². The molecule has 1 aromatic rings. The minimum Gasteiger partial charge on any atom is -0.329 e. The van der Waals surface area contributed by atoms with Crippen molar-refractivity contribution in [1.82, 2.24) is 9.55 Å². The minimum absolute atomic E-state index is 0.0759. The Morgan fingerprint density at radius 3 is 2.94 bits per heavy atom. The van der Waals surface area contributed by atoms with E-state index in [-0.39, 0.29) is 6.04 Å². The van der Waals surface area contributed by atoms with Crippen LogP contribution in [0, 0.1) is 0 Å². The van der Waals surface area contributed by atoms with E-state index in [2.05, 4.69) is 15.8 Å². The van der Waals surface area contributed by atoms with Gasteiger partial charge in [-0.3, -0.25) is 0 Å². The maximum atomic E-state index is 5.98. The lowest BCUT2D eigenvalue weighted by Crippen LogP contribution is -2.27. The van der Waals surface area contributed by atoms with Crippen LogP contribution in [0.3, 0.4) is 0 Å². The van der Waals surface area contributed by atoms with Crippen molar-refractivity contribution in [2.45, 2.75) is 49.9 Å². The summed E-state index contributed by atoms with van der Waals surface area (Å²) in [6.07, 6.45) is 11.4. The zero-order chi connectivity index (χ0) is 11.5. The summed E-state index contributed by atoms with van der Waals surface area (Å²) in [6.45, 7) is 2.03. The lowest BCUT2D eigenvalue weighted by atomic mass is 9.94. The van der Waals surface area contributed by atoms with Gasteiger partial charge in [0.2, 0.25) is 0 Å². The molecule has 1 aromatic heterocycles. The number of nitrogens with two attached hydrogens (primary N) is 1. The van der Waals surface area contributed by atoms with Gasteiger partial charge in [-0.1, -0.05) is 12.8 Å². The smallest absolute Gasteiger partial charge is 0.0951 e. The van der Waals surface area contributed by atoms with E-state index >= 15 is 0 Å². The van der Waals surface area contributed by atoms with E-state index in [1.165, 1.54) is 31.4 Å². The van der Waals surface area contributed by atoms with E-state index in [4.69, 9.17) is 5.73 Å². The van der Waals surface area contributed by atoms with Gasteiger partial charge in [0.05, 0.1) is 12.0 Å². The Bertz CT molecular complexity index is 335. The summed E-state index contributed by atoms with van der Waals surface area (Å²) < 4.78 is 2.31. The summed E-state index contributed by atoms with van der Waals surface area (Å²) in [6, 6.07) is 0.666. The Morgan fingerprint density at radius 2 is 2.25 bits per heavy atom. The number of nitrogens with zero attached hydrogens (tertiary/aromatic N) is 2. The van der Waals surface area contributed by atoms with Gasteiger partial charge in [-0.25, -0.2) is 4.98 Å². The monoisotopic (exact) mass is 239 g/mol. The van der Waals surface area contributed by atoms with Crippen molar-refractivity contribution in [2.24, 2.45) is 5.73 Å². The van der Waals surface area contributed by atoms with Crippen molar-refractivity contribution < 1.29 is 0 Å². The molecule has 2 N–H and O–H groups in total. The van der Waals surface area contributed by atoms with E-state index in [0.29, 0.717) is 6.04 Å². The minimum atomic E-state index is 0.0759. The molecule has 1 aliphatic rings. The van der Waals surface area contributed by atoms with Crippen molar-refractivity contribution in [1.29, 1.82) is 0 Å². The summed E-state index contributed by atoms with van der Waals surface area (Å²) in [5.41, 5.74) is 7.16. The standard InChI is InChI=1S/C12H21N3S/c1-9(13)11-7-14-8-15(11)10-5-3-4-6-12(10)16-2/h7-10,12H,3-6,13H2,1-2H3/t9-,10?,12?/m1/s1. The van der Waals surface area contributed by atoms with Gasteiger partial charge in [-0.05, 0) is 26.0 Å². The van der Waals surface area contributed by atoms with Crippen LogP contribution >= 0.6 is 11.8 Å². The average Bonchev–Trinajstić information content (AvgIpc) is 2.77. The van der Waals surface area contributed by atoms with Crippen LogP contribution in [0.2, 0.25) is 0 Å². The van der Waals surface area contributed by atoms with Crippen molar-refractivity contribution in [3.05, 3.63) is 18.2 Å². The van der Waals surface area contributed by atoms with Crippen LogP contribution in [0.15, 0.2) is 12.5 Å². The molecule has 1 aliphatic carbocycles. The van der Waals surface area contributed by atoms with Crippen LogP contribution in [0.25, 0.3) is 0 Å². The predicted molar refractivity (Wildman–Crippen MR) is 69.6 cm³/mol. The maximum absolute atomic E-state index is 5.98. The van der Waals surface area contributed by atoms with Crippen molar-refractivity contribution in [3.63, 3.8) is 0 Å². The van der Waals surface area contributed by atoms with E-state index in [1.807, 2.05) is 31.2 Å². The molecule has 0 bridgehead atoms. The summed E-state index contributed by atoms with van der Waals surface area (Å²) in [7, 11) is 0. The first-order valence-corrected chi connectivity index (χ1v) is 7.33. The molecule has 0 radical (unpaired) electrons. The molecule has 0 aromatic carbocycles. The van der Waals surface area contributed by atoms with E-state index in [1.54, 1.807) is 0 Å². The van der Waals surface area contributed by atoms with Gasteiger partial charge < -0.3 is 10.3 Å². The second-order valence-electron chi connectivity index (χ2n) is 4.64. The second kappa shape index (κ2) is 5.23. The third-order valence-corrected chi connectivity index (χ3v) is 4.65. The molecule has 16 heavy (non-hydrogen) atoms. The largest absolute Gasteiger partial charge is 0.329 e. The van der Waals surface area contributed by atoms with Gasteiger partial charge in [0.1, 0.15) is 0 Å². The van der Waals surface area contributed by atoms with Gasteiger partial charge in [-0.2, -0.15) is 11.8 Å². The lowest BCUT2D eigenvalue weighted by molar-refractivity contribution is 0.354. The summed E-state index contributed by atoms with van der Waals surface area (Å²) in [4.78, 5) is 4.26. The molecule has 3 atom stereocenters. The van der Waals surface area contributed by atoms with Gasteiger partial charge in [0.25, 0.3) is 0 Å². The summed E-state index contributed by atoms with van der Waals surface area (Å²) in [5.74, 6) is 0. The first-order chi connectivity index (χ1) is 7.74. The molecule has 1 saturated carbocycles. The Labute approximate surface area is 102 Å². The van der Waals surface area contributed by atoms with Crippen LogP contribution in [0.1, 0.15) is 50.4 Å². The maximum Gasteiger partial charge on any atom is 0.0951 e. The lowest BCUT2D eigenvalue weighted by Gasteiger charge is -2.32. The molecular formula is C12H21N3S. The SMILES string of the molecule is CSC1CCCCC1n1cncc1[C@@H](C)N. The van der Waals surface area contributed by atoms with Gasteiger partial charge >= 0.3 is 0 Å². The van der Waals surface area contributed by atoms with Crippen LogP contribution in [-0.2, 0) is 0 Å². The normalized spacial score (nSPS) is 27.9. The average molecular weight is 239 g/mol. The number of imidazole rings is 1. The molecule has 2 rings (SSSR count). The molecule has 0 aliphatic heterocycles. The molecule has 0 amide bonds. The predicted octanol–water partition coefficient (Wildman–Crippen LogP) is 2.75. The fourth-order valence-electron chi connectivity index (χ4n) is 2.62. The van der Waals surface area contributed by atoms with Crippen LogP contribution in [-0.4, -0.2) is 21.1 Å². The van der Waals surface area contributed by atoms with Crippen LogP contribution in [0.5, 0.6) is 0 Å². The Morgan fingerprint density at radius 1 is 1.50 bits per heavy atom. The highest BCUT2D eigenvalue weighted by Gasteiger charge is 2.27. The van der Waals surface area contributed by atoms with Crippen LogP contribution in [0.4, 0.5) is 0 Å². The van der Waals surface area contributed by atoms with E-state index in [9.17, 15) is 0 Å². The topological polar surface area (TPSA) is 43.8 Å². The van der Waals surface area contributed by atoms with E-state index in [0.717, 1.165) is 5.25 Å². The molecule has 1 fully saturated rings. The molecule has 2 unspecified atom stereocenters. The molecule has 90 valence electrons. The number of hydrogen-bond acceptors (Lipinski definition) is 3. The molecule has 3 nitrogen and oxygen atoms in total. The first kappa shape index (κ1) is 12.0. The Balaban J connectivity index is 2.23. The Hall–Kier alpha value is -0.480.